The molecule has 0 bridgehead atoms. The second kappa shape index (κ2) is 10.4. The van der Waals surface area contributed by atoms with E-state index in [-0.39, 0.29) is 29.8 Å². The lowest BCUT2D eigenvalue weighted by Crippen LogP contribution is -2.38. The molecule has 2 atom stereocenters. The lowest BCUT2D eigenvalue weighted by atomic mass is 10.1. The minimum Gasteiger partial charge on any atom is -0.353 e. The molecule has 2 unspecified atom stereocenters. The number of benzene rings is 1. The standard InChI is InChI=1S/C17H26FN3S.HI/c1-4-5-12-9-16(12)21-17(19-2)20-10-13-6-7-15(18)8-14(13)11-22-3;/h6-8,12,16H,4-5,9-11H2,1-3H3,(H2,19,20,21);1H. The van der Waals surface area contributed by atoms with Crippen LogP contribution in [0.4, 0.5) is 4.39 Å². The summed E-state index contributed by atoms with van der Waals surface area (Å²) in [6.07, 6.45) is 5.79. The van der Waals surface area contributed by atoms with Crippen molar-refractivity contribution in [3.8, 4) is 0 Å². The largest absolute Gasteiger partial charge is 0.353 e. The van der Waals surface area contributed by atoms with Gasteiger partial charge in [-0.15, -0.1) is 24.0 Å². The Morgan fingerprint density at radius 1 is 1.39 bits per heavy atom. The summed E-state index contributed by atoms with van der Waals surface area (Å²) >= 11 is 1.70. The lowest BCUT2D eigenvalue weighted by molar-refractivity contribution is 0.624. The van der Waals surface area contributed by atoms with Gasteiger partial charge in [0.05, 0.1) is 0 Å². The predicted molar refractivity (Wildman–Crippen MR) is 109 cm³/mol. The van der Waals surface area contributed by atoms with Crippen LogP contribution in [0.1, 0.15) is 37.3 Å². The van der Waals surface area contributed by atoms with Crippen LogP contribution in [0.25, 0.3) is 0 Å². The van der Waals surface area contributed by atoms with E-state index in [1.807, 2.05) is 12.3 Å². The molecule has 1 saturated carbocycles. The zero-order valence-electron chi connectivity index (χ0n) is 14.1. The Morgan fingerprint density at radius 2 is 2.17 bits per heavy atom. The van der Waals surface area contributed by atoms with Gasteiger partial charge in [0.25, 0.3) is 0 Å². The Hall–Kier alpha value is -0.500. The van der Waals surface area contributed by atoms with Gasteiger partial charge in [0, 0.05) is 25.4 Å². The molecule has 0 radical (unpaired) electrons. The normalized spacial score (nSPS) is 19.9. The summed E-state index contributed by atoms with van der Waals surface area (Å²) in [6, 6.07) is 5.57. The first-order valence-corrected chi connectivity index (χ1v) is 9.30. The molecule has 0 amide bonds. The van der Waals surface area contributed by atoms with Crippen LogP contribution in [-0.4, -0.2) is 25.3 Å². The van der Waals surface area contributed by atoms with Crippen LogP contribution in [0.15, 0.2) is 23.2 Å². The Kier molecular flexibility index (Phi) is 9.27. The summed E-state index contributed by atoms with van der Waals surface area (Å²) in [7, 11) is 1.79. The number of nitrogens with one attached hydrogen (secondary N) is 2. The second-order valence-electron chi connectivity index (χ2n) is 5.81. The van der Waals surface area contributed by atoms with E-state index in [2.05, 4.69) is 22.5 Å². The van der Waals surface area contributed by atoms with E-state index in [1.165, 1.54) is 25.3 Å². The molecule has 3 nitrogen and oxygen atoms in total. The molecule has 1 aliphatic rings. The monoisotopic (exact) mass is 451 g/mol. The van der Waals surface area contributed by atoms with E-state index in [4.69, 9.17) is 0 Å². The molecule has 23 heavy (non-hydrogen) atoms. The zero-order valence-corrected chi connectivity index (χ0v) is 17.2. The summed E-state index contributed by atoms with van der Waals surface area (Å²) in [4.78, 5) is 4.29. The van der Waals surface area contributed by atoms with Crippen molar-refractivity contribution in [2.75, 3.05) is 13.3 Å². The van der Waals surface area contributed by atoms with Gasteiger partial charge >= 0.3 is 0 Å². The first-order chi connectivity index (χ1) is 10.7. The van der Waals surface area contributed by atoms with Crippen molar-refractivity contribution < 1.29 is 4.39 Å². The fraction of sp³-hybridized carbons (Fsp3) is 0.588. The van der Waals surface area contributed by atoms with Crippen LogP contribution in [0, 0.1) is 11.7 Å². The van der Waals surface area contributed by atoms with Crippen molar-refractivity contribution in [1.29, 1.82) is 0 Å². The minimum atomic E-state index is -0.171. The molecule has 0 heterocycles. The SMILES string of the molecule is CCCC1CC1NC(=NC)NCc1ccc(F)cc1CSC.I. The van der Waals surface area contributed by atoms with Crippen LogP contribution in [0.5, 0.6) is 0 Å². The third-order valence-electron chi connectivity index (χ3n) is 4.04. The predicted octanol–water partition coefficient (Wildman–Crippen LogP) is 4.16. The fourth-order valence-electron chi connectivity index (χ4n) is 2.72. The summed E-state index contributed by atoms with van der Waals surface area (Å²) in [5.74, 6) is 2.28. The maximum atomic E-state index is 13.4. The van der Waals surface area contributed by atoms with E-state index in [1.54, 1.807) is 24.9 Å². The summed E-state index contributed by atoms with van der Waals surface area (Å²) in [6.45, 7) is 2.89. The van der Waals surface area contributed by atoms with E-state index in [9.17, 15) is 4.39 Å². The van der Waals surface area contributed by atoms with Crippen LogP contribution in [-0.2, 0) is 12.3 Å². The van der Waals surface area contributed by atoms with Gasteiger partial charge in [-0.2, -0.15) is 11.8 Å². The molecule has 2 rings (SSSR count). The van der Waals surface area contributed by atoms with Gasteiger partial charge in [-0.3, -0.25) is 4.99 Å². The Morgan fingerprint density at radius 3 is 2.83 bits per heavy atom. The zero-order chi connectivity index (χ0) is 15.9. The average Bonchev–Trinajstić information content (AvgIpc) is 3.23. The summed E-state index contributed by atoms with van der Waals surface area (Å²) < 4.78 is 13.4. The van der Waals surface area contributed by atoms with Crippen molar-refractivity contribution in [3.63, 3.8) is 0 Å². The molecule has 1 aromatic rings. The van der Waals surface area contributed by atoms with Crippen molar-refractivity contribution in [1.82, 2.24) is 10.6 Å². The molecule has 2 N–H and O–H groups in total. The Labute approximate surface area is 160 Å². The van der Waals surface area contributed by atoms with Crippen LogP contribution < -0.4 is 10.6 Å². The lowest BCUT2D eigenvalue weighted by Gasteiger charge is -2.14. The van der Waals surface area contributed by atoms with Gasteiger partial charge < -0.3 is 10.6 Å². The van der Waals surface area contributed by atoms with Gasteiger partial charge in [0.1, 0.15) is 5.82 Å². The Balaban J connectivity index is 0.00000264. The third-order valence-corrected chi connectivity index (χ3v) is 4.64. The molecule has 130 valence electrons. The number of hydrogen-bond donors (Lipinski definition) is 2. The van der Waals surface area contributed by atoms with Crippen LogP contribution >= 0.6 is 35.7 Å². The van der Waals surface area contributed by atoms with Crippen molar-refractivity contribution in [2.45, 2.75) is 44.5 Å². The van der Waals surface area contributed by atoms with E-state index in [0.29, 0.717) is 12.6 Å². The van der Waals surface area contributed by atoms with Crippen LogP contribution in [0.2, 0.25) is 0 Å². The molecular weight excluding hydrogens is 424 g/mol. The quantitative estimate of drug-likeness (QED) is 0.372. The van der Waals surface area contributed by atoms with Crippen molar-refractivity contribution >= 4 is 41.7 Å². The van der Waals surface area contributed by atoms with E-state index in [0.717, 1.165) is 28.8 Å². The highest BCUT2D eigenvalue weighted by Crippen LogP contribution is 2.34. The number of nitrogens with zero attached hydrogens (tertiary/aromatic N) is 1. The van der Waals surface area contributed by atoms with Gasteiger partial charge in [0.15, 0.2) is 5.96 Å². The highest BCUT2D eigenvalue weighted by molar-refractivity contribution is 14.0. The number of guanidine groups is 1. The highest BCUT2D eigenvalue weighted by atomic mass is 127. The molecule has 0 saturated heterocycles. The second-order valence-corrected chi connectivity index (χ2v) is 6.67. The first-order valence-electron chi connectivity index (χ1n) is 7.91. The molecular formula is C17H27FIN3S. The first kappa shape index (κ1) is 20.5. The molecule has 1 aliphatic carbocycles. The third kappa shape index (κ3) is 6.49. The van der Waals surface area contributed by atoms with Crippen LogP contribution in [0.3, 0.4) is 0 Å². The number of rotatable bonds is 7. The maximum absolute atomic E-state index is 13.4. The maximum Gasteiger partial charge on any atom is 0.191 e. The minimum absolute atomic E-state index is 0. The fourth-order valence-corrected chi connectivity index (χ4v) is 3.30. The molecule has 0 aromatic heterocycles. The molecule has 1 aromatic carbocycles. The average molecular weight is 451 g/mol. The number of thioether (sulfide) groups is 1. The highest BCUT2D eigenvalue weighted by Gasteiger charge is 2.36. The number of hydrogen-bond acceptors (Lipinski definition) is 2. The Bertz CT molecular complexity index is 525. The molecule has 0 aliphatic heterocycles. The van der Waals surface area contributed by atoms with Gasteiger partial charge in [-0.25, -0.2) is 4.39 Å². The van der Waals surface area contributed by atoms with E-state index >= 15 is 0 Å². The van der Waals surface area contributed by atoms with Crippen molar-refractivity contribution in [3.05, 3.63) is 35.1 Å². The molecule has 1 fully saturated rings. The molecule has 0 spiro atoms. The number of halogens is 2. The van der Waals surface area contributed by atoms with E-state index < -0.39 is 0 Å². The van der Waals surface area contributed by atoms with Gasteiger partial charge in [-0.1, -0.05) is 19.4 Å². The van der Waals surface area contributed by atoms with Gasteiger partial charge in [0.2, 0.25) is 0 Å². The summed E-state index contributed by atoms with van der Waals surface area (Å²) in [5.41, 5.74) is 2.17. The number of aliphatic imine (C=N–C) groups is 1. The molecule has 6 heteroatoms. The van der Waals surface area contributed by atoms with Gasteiger partial charge in [-0.05, 0) is 48.3 Å². The smallest absolute Gasteiger partial charge is 0.191 e. The summed E-state index contributed by atoms with van der Waals surface area (Å²) in [5, 5.41) is 6.81. The van der Waals surface area contributed by atoms with Crippen molar-refractivity contribution in [2.24, 2.45) is 10.9 Å². The topological polar surface area (TPSA) is 36.4 Å².